The van der Waals surface area contributed by atoms with Crippen LogP contribution in [0.15, 0.2) is 78.8 Å². The molecule has 0 radical (unpaired) electrons. The molecule has 0 amide bonds. The molecule has 3 heteroatoms. The second-order valence-electron chi connectivity index (χ2n) is 8.23. The van der Waals surface area contributed by atoms with Crippen molar-refractivity contribution < 1.29 is 0 Å². The lowest BCUT2D eigenvalue weighted by Crippen LogP contribution is -2.29. The fourth-order valence-electron chi connectivity index (χ4n) is 4.05. The van der Waals surface area contributed by atoms with Gasteiger partial charge < -0.3 is 5.32 Å². The van der Waals surface area contributed by atoms with Crippen molar-refractivity contribution in [3.8, 4) is 0 Å². The molecule has 3 aromatic rings. The zero-order chi connectivity index (χ0) is 20.9. The van der Waals surface area contributed by atoms with E-state index < -0.39 is 0 Å². The Balaban J connectivity index is 1.64. The van der Waals surface area contributed by atoms with Crippen LogP contribution in [0.3, 0.4) is 0 Å². The van der Waals surface area contributed by atoms with Crippen LogP contribution in [0.2, 0.25) is 0 Å². The first-order valence-electron chi connectivity index (χ1n) is 10.6. The minimum Gasteiger partial charge on any atom is -0.382 e. The minimum atomic E-state index is 0.325. The number of aryl methyl sites for hydroxylation is 2. The number of pyridine rings is 2. The molecule has 1 unspecified atom stereocenters. The van der Waals surface area contributed by atoms with E-state index in [0.29, 0.717) is 6.04 Å². The van der Waals surface area contributed by atoms with E-state index in [9.17, 15) is 0 Å². The molecule has 3 heterocycles. The summed E-state index contributed by atoms with van der Waals surface area (Å²) in [4.78, 5) is 9.23. The topological polar surface area (TPSA) is 37.8 Å². The molecule has 1 aliphatic rings. The Bertz CT molecular complexity index is 1030. The number of nitrogens with zero attached hydrogens (tertiary/aromatic N) is 2. The van der Waals surface area contributed by atoms with Crippen molar-refractivity contribution in [3.63, 3.8) is 0 Å². The zero-order valence-electron chi connectivity index (χ0n) is 18.0. The summed E-state index contributed by atoms with van der Waals surface area (Å²) in [6.07, 6.45) is 12.9. The van der Waals surface area contributed by atoms with Gasteiger partial charge in [-0.05, 0) is 73.2 Å². The van der Waals surface area contributed by atoms with E-state index in [1.165, 1.54) is 33.5 Å². The number of benzene rings is 1. The molecular weight excluding hydrogens is 366 g/mol. The summed E-state index contributed by atoms with van der Waals surface area (Å²) in [6, 6.07) is 15.6. The summed E-state index contributed by atoms with van der Waals surface area (Å²) in [7, 11) is 0. The van der Waals surface area contributed by atoms with Gasteiger partial charge in [0.2, 0.25) is 0 Å². The number of hydrogen-bond acceptors (Lipinski definition) is 3. The fraction of sp³-hybridized carbons (Fsp3) is 0.259. The monoisotopic (exact) mass is 395 g/mol. The van der Waals surface area contributed by atoms with E-state index in [0.717, 1.165) is 30.7 Å². The number of hydrogen-bond donors (Lipinski definition) is 1. The Morgan fingerprint density at radius 2 is 1.37 bits per heavy atom. The van der Waals surface area contributed by atoms with Crippen LogP contribution in [0, 0.1) is 13.8 Å². The van der Waals surface area contributed by atoms with Crippen molar-refractivity contribution in [2.45, 2.75) is 46.1 Å². The van der Waals surface area contributed by atoms with E-state index in [1.807, 2.05) is 24.5 Å². The van der Waals surface area contributed by atoms with Gasteiger partial charge in [0, 0.05) is 48.4 Å². The van der Waals surface area contributed by atoms with Crippen molar-refractivity contribution in [1.29, 1.82) is 0 Å². The molecule has 30 heavy (non-hydrogen) atoms. The quantitative estimate of drug-likeness (QED) is 0.619. The van der Waals surface area contributed by atoms with Gasteiger partial charge in [-0.3, -0.25) is 9.97 Å². The van der Waals surface area contributed by atoms with Gasteiger partial charge in [-0.1, -0.05) is 42.5 Å². The molecule has 2 aromatic heterocycles. The van der Waals surface area contributed by atoms with Gasteiger partial charge in [-0.15, -0.1) is 0 Å². The molecule has 3 nitrogen and oxygen atoms in total. The van der Waals surface area contributed by atoms with Crippen molar-refractivity contribution in [1.82, 2.24) is 15.3 Å². The third-order valence-corrected chi connectivity index (χ3v) is 5.65. The average Bonchev–Trinajstić information content (AvgIpc) is 2.71. The van der Waals surface area contributed by atoms with Crippen LogP contribution < -0.4 is 5.32 Å². The van der Waals surface area contributed by atoms with Gasteiger partial charge in [0.1, 0.15) is 0 Å². The van der Waals surface area contributed by atoms with Gasteiger partial charge in [-0.25, -0.2) is 0 Å². The molecule has 0 bridgehead atoms. The lowest BCUT2D eigenvalue weighted by molar-refractivity contribution is 0.656. The Morgan fingerprint density at radius 1 is 0.800 bits per heavy atom. The van der Waals surface area contributed by atoms with Gasteiger partial charge in [0.25, 0.3) is 0 Å². The fourth-order valence-corrected chi connectivity index (χ4v) is 4.05. The van der Waals surface area contributed by atoms with E-state index in [2.05, 4.69) is 84.6 Å². The Kier molecular flexibility index (Phi) is 6.08. The van der Waals surface area contributed by atoms with Crippen molar-refractivity contribution >= 4 is 0 Å². The summed E-state index contributed by atoms with van der Waals surface area (Å²) in [5.41, 5.74) is 9.95. The third-order valence-electron chi connectivity index (χ3n) is 5.65. The highest BCUT2D eigenvalue weighted by atomic mass is 14.9. The third kappa shape index (κ3) is 5.04. The van der Waals surface area contributed by atoms with Crippen molar-refractivity contribution in [2.24, 2.45) is 0 Å². The van der Waals surface area contributed by atoms with Crippen molar-refractivity contribution in [2.75, 3.05) is 0 Å². The first-order valence-corrected chi connectivity index (χ1v) is 10.6. The molecule has 4 rings (SSSR count). The molecule has 152 valence electrons. The lowest BCUT2D eigenvalue weighted by atomic mass is 9.94. The van der Waals surface area contributed by atoms with Crippen LogP contribution in [0.1, 0.15) is 46.1 Å². The first-order chi connectivity index (χ1) is 14.6. The average molecular weight is 396 g/mol. The molecule has 1 aromatic carbocycles. The predicted octanol–water partition coefficient (Wildman–Crippen LogP) is 5.25. The number of nitrogens with one attached hydrogen (secondary N) is 1. The normalized spacial score (nSPS) is 15.6. The maximum Gasteiger partial charge on any atom is 0.0484 e. The number of dihydropyridines is 1. The SMILES string of the molecule is CC1=CC=CC(Cc2cc(Cc3ncccc3C)cc(Cc3ncccc3C)c2)N1. The molecule has 1 N–H and O–H groups in total. The second-order valence-corrected chi connectivity index (χ2v) is 8.23. The smallest absolute Gasteiger partial charge is 0.0484 e. The zero-order valence-corrected chi connectivity index (χ0v) is 18.0. The number of aromatic nitrogens is 2. The largest absolute Gasteiger partial charge is 0.382 e. The summed E-state index contributed by atoms with van der Waals surface area (Å²) in [5, 5.41) is 3.57. The van der Waals surface area contributed by atoms with E-state index >= 15 is 0 Å². The van der Waals surface area contributed by atoms with Crippen LogP contribution in [0.5, 0.6) is 0 Å². The summed E-state index contributed by atoms with van der Waals surface area (Å²) < 4.78 is 0. The van der Waals surface area contributed by atoms with Gasteiger partial charge in [0.05, 0.1) is 0 Å². The molecule has 0 saturated heterocycles. The second kappa shape index (κ2) is 9.08. The summed E-state index contributed by atoms with van der Waals surface area (Å²) in [6.45, 7) is 6.39. The van der Waals surface area contributed by atoms with Crippen LogP contribution in [0.4, 0.5) is 0 Å². The highest BCUT2D eigenvalue weighted by Crippen LogP contribution is 2.20. The molecule has 0 spiro atoms. The lowest BCUT2D eigenvalue weighted by Gasteiger charge is -2.20. The van der Waals surface area contributed by atoms with Crippen LogP contribution in [0.25, 0.3) is 0 Å². The first kappa shape index (κ1) is 20.1. The maximum absolute atomic E-state index is 4.61. The Morgan fingerprint density at radius 3 is 1.90 bits per heavy atom. The van der Waals surface area contributed by atoms with Crippen molar-refractivity contribution in [3.05, 3.63) is 118 Å². The number of allylic oxidation sites excluding steroid dienone is 3. The maximum atomic E-state index is 4.61. The van der Waals surface area contributed by atoms with E-state index in [-0.39, 0.29) is 0 Å². The standard InChI is InChI=1S/C27H29N3/c1-19-7-5-11-28-26(19)17-23-13-22(16-25-10-4-9-21(3)30-25)14-24(15-23)18-27-20(2)8-6-12-29-27/h4-15,25,30H,16-18H2,1-3H3. The molecule has 0 fully saturated rings. The summed E-state index contributed by atoms with van der Waals surface area (Å²) in [5.74, 6) is 0. The molecule has 1 atom stereocenters. The van der Waals surface area contributed by atoms with Gasteiger partial charge >= 0.3 is 0 Å². The van der Waals surface area contributed by atoms with E-state index in [1.54, 1.807) is 0 Å². The Hall–Kier alpha value is -3.20. The Labute approximate surface area is 179 Å². The van der Waals surface area contributed by atoms with E-state index in [4.69, 9.17) is 0 Å². The molecule has 1 aliphatic heterocycles. The highest BCUT2D eigenvalue weighted by Gasteiger charge is 2.12. The minimum absolute atomic E-state index is 0.325. The van der Waals surface area contributed by atoms with Gasteiger partial charge in [-0.2, -0.15) is 0 Å². The highest BCUT2D eigenvalue weighted by molar-refractivity contribution is 5.38. The van der Waals surface area contributed by atoms with Gasteiger partial charge in [0.15, 0.2) is 0 Å². The summed E-state index contributed by atoms with van der Waals surface area (Å²) >= 11 is 0. The molecular formula is C27H29N3. The van der Waals surface area contributed by atoms with Crippen LogP contribution in [-0.4, -0.2) is 16.0 Å². The molecule has 0 aliphatic carbocycles. The van der Waals surface area contributed by atoms with Crippen LogP contribution in [-0.2, 0) is 19.3 Å². The molecule has 0 saturated carbocycles. The predicted molar refractivity (Wildman–Crippen MR) is 124 cm³/mol. The number of rotatable bonds is 6. The van der Waals surface area contributed by atoms with Crippen LogP contribution >= 0.6 is 0 Å².